The summed E-state index contributed by atoms with van der Waals surface area (Å²) in [7, 11) is 1.31. The molecule has 1 amide bonds. The molecule has 0 bridgehead atoms. The van der Waals surface area contributed by atoms with Crippen molar-refractivity contribution in [3.63, 3.8) is 0 Å². The molecule has 7 heteroatoms. The van der Waals surface area contributed by atoms with Crippen molar-refractivity contribution in [2.45, 2.75) is 6.04 Å². The van der Waals surface area contributed by atoms with E-state index in [4.69, 9.17) is 5.11 Å². The average Bonchev–Trinajstić information content (AvgIpc) is 2.28. The van der Waals surface area contributed by atoms with Gasteiger partial charge in [0, 0.05) is 24.9 Å². The lowest BCUT2D eigenvalue weighted by Crippen LogP contribution is -2.43. The molecule has 0 spiro atoms. The third kappa shape index (κ3) is 3.80. The fraction of sp³-hybridized carbons (Fsp3) is 0.300. The molecule has 0 aromatic carbocycles. The third-order valence-corrected chi connectivity index (χ3v) is 1.93. The minimum absolute atomic E-state index is 0.000136. The van der Waals surface area contributed by atoms with Crippen LogP contribution in [0.5, 0.6) is 0 Å². The summed E-state index contributed by atoms with van der Waals surface area (Å²) >= 11 is 0. The average molecular weight is 242 g/mol. The van der Waals surface area contributed by atoms with Gasteiger partial charge in [0.25, 0.3) is 5.91 Å². The predicted octanol–water partition coefficient (Wildman–Crippen LogP) is 0.0501. The molecule has 0 saturated carbocycles. The molecule has 0 aliphatic carbocycles. The molecule has 17 heavy (non-hydrogen) atoms. The summed E-state index contributed by atoms with van der Waals surface area (Å²) in [5.41, 5.74) is -0.000136. The zero-order chi connectivity index (χ0) is 12.8. The minimum atomic E-state index is -1.23. The van der Waals surface area contributed by atoms with E-state index in [-0.39, 0.29) is 12.2 Å². The lowest BCUT2D eigenvalue weighted by molar-refractivity contribution is -0.140. The van der Waals surface area contributed by atoms with E-state index in [9.17, 15) is 14.0 Å². The van der Waals surface area contributed by atoms with Crippen LogP contribution >= 0.6 is 0 Å². The topological polar surface area (TPSA) is 88.5 Å². The third-order valence-electron chi connectivity index (χ3n) is 1.93. The molecule has 0 aliphatic heterocycles. The molecule has 6 nitrogen and oxygen atoms in total. The first-order valence-corrected chi connectivity index (χ1v) is 4.68. The summed E-state index contributed by atoms with van der Waals surface area (Å²) in [6.45, 7) is -0.172. The van der Waals surface area contributed by atoms with Gasteiger partial charge in [0.2, 0.25) is 5.95 Å². The monoisotopic (exact) mass is 242 g/mol. The quantitative estimate of drug-likeness (QED) is 0.712. The van der Waals surface area contributed by atoms with Crippen molar-refractivity contribution in [3.8, 4) is 0 Å². The van der Waals surface area contributed by atoms with Crippen LogP contribution in [0.1, 0.15) is 10.4 Å². The molecule has 0 aliphatic rings. The second-order valence-corrected chi connectivity index (χ2v) is 3.19. The number of ether oxygens (including phenoxy) is 1. The van der Waals surface area contributed by atoms with E-state index in [2.05, 4.69) is 15.0 Å². The first-order valence-electron chi connectivity index (χ1n) is 4.68. The van der Waals surface area contributed by atoms with E-state index in [0.717, 1.165) is 12.3 Å². The summed E-state index contributed by atoms with van der Waals surface area (Å²) < 4.78 is 17.4. The van der Waals surface area contributed by atoms with Gasteiger partial charge in [-0.05, 0) is 6.07 Å². The number of carbonyl (C=O) groups is 2. The van der Waals surface area contributed by atoms with Crippen LogP contribution in [0.15, 0.2) is 18.3 Å². The van der Waals surface area contributed by atoms with E-state index >= 15 is 0 Å². The Balaban J connectivity index is 2.73. The number of amides is 1. The van der Waals surface area contributed by atoms with Gasteiger partial charge in [-0.2, -0.15) is 4.39 Å². The Morgan fingerprint density at radius 3 is 2.88 bits per heavy atom. The fourth-order valence-electron chi connectivity index (χ4n) is 1.13. The number of aromatic nitrogens is 1. The summed E-state index contributed by atoms with van der Waals surface area (Å²) in [5.74, 6) is -2.73. The number of rotatable bonds is 5. The Kier molecular flexibility index (Phi) is 4.53. The van der Waals surface area contributed by atoms with Crippen LogP contribution in [0.3, 0.4) is 0 Å². The van der Waals surface area contributed by atoms with Crippen LogP contribution in [-0.4, -0.2) is 41.7 Å². The lowest BCUT2D eigenvalue weighted by atomic mass is 10.2. The summed E-state index contributed by atoms with van der Waals surface area (Å²) in [6, 6.07) is 1.02. The SMILES string of the molecule is COCC(NC(=O)c1ccnc(F)c1)C(=O)O. The Morgan fingerprint density at radius 1 is 1.65 bits per heavy atom. The Hall–Kier alpha value is -2.02. The smallest absolute Gasteiger partial charge is 0.328 e. The summed E-state index contributed by atoms with van der Waals surface area (Å²) in [5, 5.41) is 11.0. The van der Waals surface area contributed by atoms with Gasteiger partial charge in [-0.15, -0.1) is 0 Å². The predicted molar refractivity (Wildman–Crippen MR) is 55.0 cm³/mol. The van der Waals surface area contributed by atoms with Crippen LogP contribution in [0, 0.1) is 5.95 Å². The highest BCUT2D eigenvalue weighted by molar-refractivity contribution is 5.96. The van der Waals surface area contributed by atoms with E-state index < -0.39 is 23.9 Å². The van der Waals surface area contributed by atoms with Crippen molar-refractivity contribution >= 4 is 11.9 Å². The molecule has 0 saturated heterocycles. The standard InChI is InChI=1S/C10H11FN2O4/c1-17-5-7(10(15)16)13-9(14)6-2-3-12-8(11)4-6/h2-4,7H,5H2,1H3,(H,13,14)(H,15,16). The maximum atomic E-state index is 12.7. The number of carbonyl (C=O) groups excluding carboxylic acids is 1. The second-order valence-electron chi connectivity index (χ2n) is 3.19. The number of methoxy groups -OCH3 is 1. The van der Waals surface area contributed by atoms with Gasteiger partial charge in [0.15, 0.2) is 6.04 Å². The normalized spacial score (nSPS) is 11.9. The zero-order valence-electron chi connectivity index (χ0n) is 9.01. The molecule has 2 N–H and O–H groups in total. The molecule has 1 heterocycles. The van der Waals surface area contributed by atoms with Crippen molar-refractivity contribution < 1.29 is 23.8 Å². The fourth-order valence-corrected chi connectivity index (χ4v) is 1.13. The minimum Gasteiger partial charge on any atom is -0.480 e. The van der Waals surface area contributed by atoms with Crippen LogP contribution in [0.2, 0.25) is 0 Å². The highest BCUT2D eigenvalue weighted by Gasteiger charge is 2.20. The van der Waals surface area contributed by atoms with E-state index in [0.29, 0.717) is 0 Å². The Bertz CT molecular complexity index is 425. The van der Waals surface area contributed by atoms with E-state index in [1.807, 2.05) is 0 Å². The van der Waals surface area contributed by atoms with Crippen molar-refractivity contribution in [2.75, 3.05) is 13.7 Å². The Labute approximate surface area is 96.4 Å². The number of nitrogens with zero attached hydrogens (tertiary/aromatic N) is 1. The lowest BCUT2D eigenvalue weighted by Gasteiger charge is -2.13. The number of aliphatic carboxylic acids is 1. The van der Waals surface area contributed by atoms with Gasteiger partial charge in [-0.25, -0.2) is 9.78 Å². The number of halogens is 1. The molecule has 1 rings (SSSR count). The van der Waals surface area contributed by atoms with Crippen LogP contribution in [-0.2, 0) is 9.53 Å². The van der Waals surface area contributed by atoms with E-state index in [1.54, 1.807) is 0 Å². The van der Waals surface area contributed by atoms with Gasteiger partial charge >= 0.3 is 5.97 Å². The van der Waals surface area contributed by atoms with Crippen molar-refractivity contribution in [1.29, 1.82) is 0 Å². The molecule has 1 aromatic heterocycles. The molecule has 92 valence electrons. The molecule has 1 aromatic rings. The summed E-state index contributed by atoms with van der Waals surface area (Å²) in [4.78, 5) is 25.6. The van der Waals surface area contributed by atoms with Crippen LogP contribution < -0.4 is 5.32 Å². The number of hydrogen-bond donors (Lipinski definition) is 2. The van der Waals surface area contributed by atoms with Crippen molar-refractivity contribution in [2.24, 2.45) is 0 Å². The van der Waals surface area contributed by atoms with Gasteiger partial charge in [-0.3, -0.25) is 4.79 Å². The number of carboxylic acids is 1. The highest BCUT2D eigenvalue weighted by atomic mass is 19.1. The number of pyridine rings is 1. The van der Waals surface area contributed by atoms with Crippen LogP contribution in [0.4, 0.5) is 4.39 Å². The molecule has 1 atom stereocenters. The maximum Gasteiger partial charge on any atom is 0.328 e. The molecular formula is C10H11FN2O4. The van der Waals surface area contributed by atoms with Gasteiger partial charge < -0.3 is 15.2 Å². The summed E-state index contributed by atoms with van der Waals surface area (Å²) in [6.07, 6.45) is 1.12. The van der Waals surface area contributed by atoms with Crippen molar-refractivity contribution in [1.82, 2.24) is 10.3 Å². The number of nitrogens with one attached hydrogen (secondary N) is 1. The Morgan fingerprint density at radius 2 is 2.35 bits per heavy atom. The number of carboxylic acid groups (broad SMARTS) is 1. The largest absolute Gasteiger partial charge is 0.480 e. The first kappa shape index (κ1) is 13.0. The van der Waals surface area contributed by atoms with Gasteiger partial charge in [0.05, 0.1) is 6.61 Å². The number of hydrogen-bond acceptors (Lipinski definition) is 4. The zero-order valence-corrected chi connectivity index (χ0v) is 9.01. The second kappa shape index (κ2) is 5.90. The van der Waals surface area contributed by atoms with Crippen molar-refractivity contribution in [3.05, 3.63) is 29.8 Å². The molecule has 0 radical (unpaired) electrons. The maximum absolute atomic E-state index is 12.7. The van der Waals surface area contributed by atoms with Gasteiger partial charge in [-0.1, -0.05) is 0 Å². The van der Waals surface area contributed by atoms with E-state index in [1.165, 1.54) is 13.2 Å². The van der Waals surface area contributed by atoms with Crippen LogP contribution in [0.25, 0.3) is 0 Å². The van der Waals surface area contributed by atoms with Gasteiger partial charge in [0.1, 0.15) is 0 Å². The first-order chi connectivity index (χ1) is 8.04. The molecular weight excluding hydrogens is 231 g/mol. The highest BCUT2D eigenvalue weighted by Crippen LogP contribution is 2.01. The molecule has 1 unspecified atom stereocenters. The molecule has 0 fully saturated rings.